The smallest absolute Gasteiger partial charge is 0.250 e. The largest absolute Gasteiger partial charge is 0.493 e. The van der Waals surface area contributed by atoms with Gasteiger partial charge in [0.05, 0.1) is 22.8 Å². The summed E-state index contributed by atoms with van der Waals surface area (Å²) in [6, 6.07) is 20.0. The van der Waals surface area contributed by atoms with E-state index in [-0.39, 0.29) is 5.56 Å². The Hall–Kier alpha value is -3.58. The van der Waals surface area contributed by atoms with Crippen LogP contribution in [0.2, 0.25) is 0 Å². The molecule has 0 radical (unpaired) electrons. The number of ether oxygens (including phenoxy) is 2. The van der Waals surface area contributed by atoms with Crippen molar-refractivity contribution in [1.82, 2.24) is 0 Å². The second-order valence-electron chi connectivity index (χ2n) is 6.54. The van der Waals surface area contributed by atoms with E-state index >= 15 is 0 Å². The molecule has 0 aliphatic carbocycles. The average molecular weight is 481 g/mol. The van der Waals surface area contributed by atoms with Gasteiger partial charge in [0.15, 0.2) is 11.5 Å². The molecule has 158 valence electrons. The van der Waals surface area contributed by atoms with Crippen molar-refractivity contribution in [3.05, 3.63) is 94.0 Å². The number of rotatable bonds is 8. The van der Waals surface area contributed by atoms with Gasteiger partial charge in [0.1, 0.15) is 6.61 Å². The summed E-state index contributed by atoms with van der Waals surface area (Å²) < 4.78 is 12.1. The van der Waals surface area contributed by atoms with Crippen molar-refractivity contribution >= 4 is 39.5 Å². The molecule has 3 aromatic carbocycles. The van der Waals surface area contributed by atoms with Crippen molar-refractivity contribution in [2.45, 2.75) is 6.61 Å². The van der Waals surface area contributed by atoms with Gasteiger partial charge in [0, 0.05) is 6.08 Å². The zero-order valence-electron chi connectivity index (χ0n) is 16.8. The molecule has 0 saturated heterocycles. The number of methoxy groups -OCH3 is 1. The van der Waals surface area contributed by atoms with Gasteiger partial charge in [-0.15, -0.1) is 0 Å². The van der Waals surface area contributed by atoms with Gasteiger partial charge in [-0.25, -0.2) is 0 Å². The molecule has 0 bridgehead atoms. The Morgan fingerprint density at radius 1 is 1.06 bits per heavy atom. The molecule has 3 aromatic rings. The van der Waals surface area contributed by atoms with Crippen LogP contribution < -0.4 is 20.5 Å². The summed E-state index contributed by atoms with van der Waals surface area (Å²) in [6.07, 6.45) is 3.00. The minimum atomic E-state index is -0.611. The number of nitrogens with two attached hydrogens (primary N) is 1. The van der Waals surface area contributed by atoms with Gasteiger partial charge < -0.3 is 20.5 Å². The van der Waals surface area contributed by atoms with Crippen LogP contribution in [0.3, 0.4) is 0 Å². The Labute approximate surface area is 188 Å². The van der Waals surface area contributed by atoms with E-state index in [4.69, 9.17) is 15.2 Å². The molecule has 0 aromatic heterocycles. The third-order valence-electron chi connectivity index (χ3n) is 4.36. The lowest BCUT2D eigenvalue weighted by Crippen LogP contribution is -2.16. The van der Waals surface area contributed by atoms with Crippen LogP contribution in [0, 0.1) is 0 Å². The van der Waals surface area contributed by atoms with E-state index in [1.165, 1.54) is 6.08 Å². The van der Waals surface area contributed by atoms with E-state index in [9.17, 15) is 9.59 Å². The molecule has 7 heteroatoms. The fraction of sp³-hybridized carbons (Fsp3) is 0.0833. The zero-order chi connectivity index (χ0) is 22.2. The highest BCUT2D eigenvalue weighted by molar-refractivity contribution is 9.10. The Morgan fingerprint density at radius 3 is 2.48 bits per heavy atom. The second kappa shape index (κ2) is 10.4. The number of hydrogen-bond acceptors (Lipinski definition) is 4. The van der Waals surface area contributed by atoms with Crippen molar-refractivity contribution < 1.29 is 19.1 Å². The highest BCUT2D eigenvalue weighted by Crippen LogP contribution is 2.37. The Morgan fingerprint density at radius 2 is 1.77 bits per heavy atom. The number of amides is 2. The number of benzene rings is 3. The number of para-hydroxylation sites is 1. The molecule has 3 rings (SSSR count). The number of primary amides is 1. The van der Waals surface area contributed by atoms with Gasteiger partial charge >= 0.3 is 0 Å². The normalized spacial score (nSPS) is 10.6. The molecule has 2 amide bonds. The summed E-state index contributed by atoms with van der Waals surface area (Å²) in [5, 5.41) is 2.66. The first-order chi connectivity index (χ1) is 15.0. The molecule has 31 heavy (non-hydrogen) atoms. The summed E-state index contributed by atoms with van der Waals surface area (Å²) in [6.45, 7) is 0.395. The van der Waals surface area contributed by atoms with E-state index < -0.39 is 11.8 Å². The van der Waals surface area contributed by atoms with E-state index in [0.29, 0.717) is 28.3 Å². The molecular formula is C24H21BrN2O4. The molecule has 3 N–H and O–H groups in total. The molecule has 0 heterocycles. The Kier molecular flexibility index (Phi) is 7.45. The number of anilines is 1. The summed E-state index contributed by atoms with van der Waals surface area (Å²) >= 11 is 3.51. The van der Waals surface area contributed by atoms with Crippen molar-refractivity contribution in [3.63, 3.8) is 0 Å². The van der Waals surface area contributed by atoms with E-state index in [2.05, 4.69) is 21.2 Å². The fourth-order valence-corrected chi connectivity index (χ4v) is 3.43. The minimum Gasteiger partial charge on any atom is -0.493 e. The van der Waals surface area contributed by atoms with Crippen molar-refractivity contribution in [2.24, 2.45) is 5.73 Å². The molecular weight excluding hydrogens is 460 g/mol. The monoisotopic (exact) mass is 480 g/mol. The van der Waals surface area contributed by atoms with Crippen LogP contribution in [0.15, 0.2) is 77.3 Å². The lowest BCUT2D eigenvalue weighted by Gasteiger charge is -2.13. The Balaban J connectivity index is 1.73. The summed E-state index contributed by atoms with van der Waals surface area (Å²) in [5.41, 5.74) is 7.71. The first-order valence-corrected chi connectivity index (χ1v) is 10.2. The molecule has 6 nitrogen and oxygen atoms in total. The predicted octanol–water partition coefficient (Wildman–Crippen LogP) is 4.79. The summed E-state index contributed by atoms with van der Waals surface area (Å²) in [4.78, 5) is 23.8. The van der Waals surface area contributed by atoms with Crippen molar-refractivity contribution in [1.29, 1.82) is 0 Å². The van der Waals surface area contributed by atoms with Crippen LogP contribution in [-0.2, 0) is 11.4 Å². The van der Waals surface area contributed by atoms with Crippen molar-refractivity contribution in [2.75, 3.05) is 12.4 Å². The number of halogens is 1. The van der Waals surface area contributed by atoms with Crippen LogP contribution in [0.1, 0.15) is 21.5 Å². The predicted molar refractivity (Wildman–Crippen MR) is 124 cm³/mol. The van der Waals surface area contributed by atoms with Crippen LogP contribution in [0.5, 0.6) is 11.5 Å². The number of carbonyl (C=O) groups is 2. The lowest BCUT2D eigenvalue weighted by atomic mass is 10.1. The highest BCUT2D eigenvalue weighted by Gasteiger charge is 2.12. The van der Waals surface area contributed by atoms with Crippen molar-refractivity contribution in [3.8, 4) is 11.5 Å². The van der Waals surface area contributed by atoms with Gasteiger partial charge in [-0.1, -0.05) is 42.5 Å². The molecule has 0 saturated carbocycles. The standard InChI is InChI=1S/C24H21BrN2O4/c1-30-21-14-17(13-19(25)23(21)31-15-16-7-3-2-4-8-16)11-12-22(28)27-20-10-6-5-9-18(20)24(26)29/h2-14H,15H2,1H3,(H2,26,29)(H,27,28)/b12-11+. The Bertz CT molecular complexity index is 1110. The van der Waals surface area contributed by atoms with Gasteiger partial charge in [0.2, 0.25) is 5.91 Å². The van der Waals surface area contributed by atoms with Crippen LogP contribution in [0.25, 0.3) is 6.08 Å². The maximum Gasteiger partial charge on any atom is 0.250 e. The topological polar surface area (TPSA) is 90.6 Å². The van der Waals surface area contributed by atoms with E-state index in [0.717, 1.165) is 11.1 Å². The molecule has 0 aliphatic rings. The molecule has 0 aliphatic heterocycles. The molecule has 0 atom stereocenters. The van der Waals surface area contributed by atoms with Crippen LogP contribution in [0.4, 0.5) is 5.69 Å². The molecule has 0 fully saturated rings. The third-order valence-corrected chi connectivity index (χ3v) is 4.94. The summed E-state index contributed by atoms with van der Waals surface area (Å²) in [5.74, 6) is 0.0978. The number of carbonyl (C=O) groups excluding carboxylic acids is 2. The minimum absolute atomic E-state index is 0.244. The second-order valence-corrected chi connectivity index (χ2v) is 7.40. The average Bonchev–Trinajstić information content (AvgIpc) is 2.77. The quantitative estimate of drug-likeness (QED) is 0.453. The maximum absolute atomic E-state index is 12.3. The van der Waals surface area contributed by atoms with Gasteiger partial charge in [-0.3, -0.25) is 9.59 Å². The van der Waals surface area contributed by atoms with E-state index in [1.54, 1.807) is 43.5 Å². The lowest BCUT2D eigenvalue weighted by molar-refractivity contribution is -0.111. The maximum atomic E-state index is 12.3. The molecule has 0 unspecified atom stereocenters. The van der Waals surface area contributed by atoms with Gasteiger partial charge in [-0.05, 0) is 57.4 Å². The molecule has 0 spiro atoms. The van der Waals surface area contributed by atoms with Gasteiger partial charge in [-0.2, -0.15) is 0 Å². The zero-order valence-corrected chi connectivity index (χ0v) is 18.4. The first-order valence-electron chi connectivity index (χ1n) is 9.40. The summed E-state index contributed by atoms with van der Waals surface area (Å²) in [7, 11) is 1.55. The van der Waals surface area contributed by atoms with Gasteiger partial charge in [0.25, 0.3) is 5.91 Å². The third kappa shape index (κ3) is 5.96. The fourth-order valence-electron chi connectivity index (χ4n) is 2.86. The first kappa shape index (κ1) is 22.1. The SMILES string of the molecule is COc1cc(/C=C/C(=O)Nc2ccccc2C(N)=O)cc(Br)c1OCc1ccccc1. The van der Waals surface area contributed by atoms with Crippen LogP contribution in [-0.4, -0.2) is 18.9 Å². The van der Waals surface area contributed by atoms with Crippen LogP contribution >= 0.6 is 15.9 Å². The number of nitrogens with one attached hydrogen (secondary N) is 1. The highest BCUT2D eigenvalue weighted by atomic mass is 79.9. The number of hydrogen-bond donors (Lipinski definition) is 2. The van der Waals surface area contributed by atoms with E-state index in [1.807, 2.05) is 36.4 Å².